The van der Waals surface area contributed by atoms with E-state index in [1.165, 1.54) is 6.07 Å². The summed E-state index contributed by atoms with van der Waals surface area (Å²) in [5, 5.41) is 5.87. The average Bonchev–Trinajstić information content (AvgIpc) is 2.77. The predicted octanol–water partition coefficient (Wildman–Crippen LogP) is 2.88. The molecule has 1 amide bonds. The Kier molecular flexibility index (Phi) is 6.80. The normalized spacial score (nSPS) is 17.7. The van der Waals surface area contributed by atoms with Crippen LogP contribution in [0.4, 0.5) is 24.5 Å². The third kappa shape index (κ3) is 5.79. The maximum absolute atomic E-state index is 13.0. The number of ether oxygens (including phenoxy) is 2. The fraction of sp³-hybridized carbons (Fsp3) is 0.409. The van der Waals surface area contributed by atoms with E-state index in [2.05, 4.69) is 20.6 Å². The molecule has 2 aliphatic rings. The van der Waals surface area contributed by atoms with E-state index in [0.29, 0.717) is 30.2 Å². The Morgan fingerprint density at radius 3 is 2.70 bits per heavy atom. The highest BCUT2D eigenvalue weighted by Gasteiger charge is 2.33. The van der Waals surface area contributed by atoms with Crippen LogP contribution in [0.2, 0.25) is 0 Å². The number of rotatable bonds is 6. The first kappa shape index (κ1) is 23.0. The monoisotopic (exact) mass is 463 g/mol. The lowest BCUT2D eigenvalue weighted by Gasteiger charge is -2.28. The molecule has 4 rings (SSSR count). The number of benzene rings is 1. The molecule has 2 saturated heterocycles. The van der Waals surface area contributed by atoms with Gasteiger partial charge in [-0.3, -0.25) is 9.79 Å². The predicted molar refractivity (Wildman–Crippen MR) is 117 cm³/mol. The van der Waals surface area contributed by atoms with Gasteiger partial charge in [0.1, 0.15) is 23.2 Å². The number of nitrogens with zero attached hydrogens (tertiary/aromatic N) is 2. The minimum absolute atomic E-state index is 0.168. The quantitative estimate of drug-likeness (QED) is 0.449. The van der Waals surface area contributed by atoms with Gasteiger partial charge in [0.05, 0.1) is 24.9 Å². The molecule has 2 aromatic rings. The van der Waals surface area contributed by atoms with E-state index in [1.54, 1.807) is 18.3 Å². The molecule has 0 spiro atoms. The molecule has 0 radical (unpaired) electrons. The Morgan fingerprint density at radius 1 is 1.27 bits per heavy atom. The van der Waals surface area contributed by atoms with Gasteiger partial charge in [0.15, 0.2) is 0 Å². The number of aliphatic imine (C=N–C) groups is 1. The summed E-state index contributed by atoms with van der Waals surface area (Å²) in [6.45, 7) is 2.56. The molecule has 1 aromatic carbocycles. The Morgan fingerprint density at radius 2 is 2.03 bits per heavy atom. The number of pyridine rings is 1. The van der Waals surface area contributed by atoms with Gasteiger partial charge in [-0.05, 0) is 44.1 Å². The lowest BCUT2D eigenvalue weighted by Crippen LogP contribution is -2.38. The van der Waals surface area contributed by atoms with Crippen molar-refractivity contribution < 1.29 is 27.4 Å². The molecule has 33 heavy (non-hydrogen) atoms. The SMILES string of the molecule is Nc1cc(OC2COC2)c(NC(=O)c2cccc(C(F)(F)F)n2)cc1C=NC1CCNCC1. The Hall–Kier alpha value is -3.18. The summed E-state index contributed by atoms with van der Waals surface area (Å²) in [6.07, 6.45) is -1.40. The first-order valence-corrected chi connectivity index (χ1v) is 10.6. The molecular weight excluding hydrogens is 439 g/mol. The van der Waals surface area contributed by atoms with Gasteiger partial charge in [0.2, 0.25) is 0 Å². The largest absolute Gasteiger partial charge is 0.483 e. The van der Waals surface area contributed by atoms with E-state index >= 15 is 0 Å². The number of carbonyl (C=O) groups is 1. The summed E-state index contributed by atoms with van der Waals surface area (Å²) >= 11 is 0. The molecule has 1 aromatic heterocycles. The van der Waals surface area contributed by atoms with Crippen molar-refractivity contribution in [2.45, 2.75) is 31.2 Å². The molecule has 2 fully saturated rings. The van der Waals surface area contributed by atoms with Crippen LogP contribution in [0.5, 0.6) is 5.75 Å². The highest BCUT2D eigenvalue weighted by atomic mass is 19.4. The van der Waals surface area contributed by atoms with Crippen LogP contribution in [0, 0.1) is 0 Å². The van der Waals surface area contributed by atoms with Gasteiger partial charge >= 0.3 is 6.18 Å². The molecule has 0 saturated carbocycles. The molecule has 4 N–H and O–H groups in total. The van der Waals surface area contributed by atoms with Crippen LogP contribution in [-0.4, -0.2) is 55.6 Å². The zero-order valence-corrected chi connectivity index (χ0v) is 17.7. The van der Waals surface area contributed by atoms with E-state index < -0.39 is 17.8 Å². The number of nitrogens with one attached hydrogen (secondary N) is 2. The molecule has 3 heterocycles. The van der Waals surface area contributed by atoms with Crippen molar-refractivity contribution in [3.8, 4) is 5.75 Å². The summed E-state index contributed by atoms with van der Waals surface area (Å²) in [5.41, 5.74) is 5.89. The summed E-state index contributed by atoms with van der Waals surface area (Å²) < 4.78 is 49.9. The molecule has 176 valence electrons. The Bertz CT molecular complexity index is 1030. The van der Waals surface area contributed by atoms with Crippen LogP contribution in [0.1, 0.15) is 34.6 Å². The number of nitrogens with two attached hydrogens (primary N) is 1. The fourth-order valence-corrected chi connectivity index (χ4v) is 3.43. The van der Waals surface area contributed by atoms with Crippen molar-refractivity contribution in [2.24, 2.45) is 4.99 Å². The van der Waals surface area contributed by atoms with Crippen molar-refractivity contribution in [2.75, 3.05) is 37.4 Å². The molecule has 11 heteroatoms. The Balaban J connectivity index is 1.60. The smallest absolute Gasteiger partial charge is 0.433 e. The van der Waals surface area contributed by atoms with Gasteiger partial charge in [-0.15, -0.1) is 0 Å². The number of nitrogen functional groups attached to an aromatic ring is 1. The van der Waals surface area contributed by atoms with Crippen molar-refractivity contribution in [1.29, 1.82) is 0 Å². The van der Waals surface area contributed by atoms with Crippen molar-refractivity contribution in [3.63, 3.8) is 0 Å². The molecule has 8 nitrogen and oxygen atoms in total. The fourth-order valence-electron chi connectivity index (χ4n) is 3.43. The van der Waals surface area contributed by atoms with Gasteiger partial charge in [-0.25, -0.2) is 4.98 Å². The van der Waals surface area contributed by atoms with Gasteiger partial charge in [-0.2, -0.15) is 13.2 Å². The molecule has 0 atom stereocenters. The third-order valence-corrected chi connectivity index (χ3v) is 5.34. The maximum atomic E-state index is 13.0. The molecule has 0 unspecified atom stereocenters. The second kappa shape index (κ2) is 9.75. The summed E-state index contributed by atoms with van der Waals surface area (Å²) in [7, 11) is 0. The van der Waals surface area contributed by atoms with E-state index in [0.717, 1.165) is 38.1 Å². The first-order valence-electron chi connectivity index (χ1n) is 10.6. The van der Waals surface area contributed by atoms with Crippen LogP contribution in [0.15, 0.2) is 35.3 Å². The number of aromatic nitrogens is 1. The lowest BCUT2D eigenvalue weighted by molar-refractivity contribution is -0.141. The maximum Gasteiger partial charge on any atom is 0.433 e. The minimum Gasteiger partial charge on any atom is -0.483 e. The lowest BCUT2D eigenvalue weighted by atomic mass is 10.1. The molecular formula is C22H24F3N5O3. The van der Waals surface area contributed by atoms with Crippen LogP contribution < -0.4 is 21.1 Å². The standard InChI is InChI=1S/C22H24F3N5O3/c23-22(24,25)20-3-1-2-17(29-20)21(31)30-18-8-13(10-28-14-4-6-27-7-5-14)16(26)9-19(18)33-15-11-32-12-15/h1-3,8-10,14-15,27H,4-7,11-12,26H2,(H,30,31). The number of hydrogen-bond donors (Lipinski definition) is 3. The van der Waals surface area contributed by atoms with Crippen molar-refractivity contribution >= 4 is 23.5 Å². The van der Waals surface area contributed by atoms with E-state index in [-0.39, 0.29) is 23.5 Å². The minimum atomic E-state index is -4.66. The number of hydrogen-bond acceptors (Lipinski definition) is 7. The topological polar surface area (TPSA) is 111 Å². The second-order valence-corrected chi connectivity index (χ2v) is 7.87. The number of anilines is 2. The van der Waals surface area contributed by atoms with Crippen molar-refractivity contribution in [3.05, 3.63) is 47.3 Å². The average molecular weight is 463 g/mol. The summed E-state index contributed by atoms with van der Waals surface area (Å²) in [4.78, 5) is 20.8. The van der Waals surface area contributed by atoms with Gasteiger partial charge in [0.25, 0.3) is 5.91 Å². The van der Waals surface area contributed by atoms with Crippen LogP contribution in [-0.2, 0) is 10.9 Å². The number of carbonyl (C=O) groups excluding carboxylic acids is 1. The van der Waals surface area contributed by atoms with E-state index in [1.807, 2.05) is 0 Å². The number of piperidine rings is 1. The summed E-state index contributed by atoms with van der Waals surface area (Å²) in [5.74, 6) is -0.512. The number of alkyl halides is 3. The zero-order chi connectivity index (χ0) is 23.4. The zero-order valence-electron chi connectivity index (χ0n) is 17.7. The van der Waals surface area contributed by atoms with E-state index in [9.17, 15) is 18.0 Å². The molecule has 2 aliphatic heterocycles. The highest BCUT2D eigenvalue weighted by Crippen LogP contribution is 2.32. The van der Waals surface area contributed by atoms with E-state index in [4.69, 9.17) is 15.2 Å². The summed E-state index contributed by atoms with van der Waals surface area (Å²) in [6, 6.07) is 6.48. The number of amides is 1. The van der Waals surface area contributed by atoms with Crippen molar-refractivity contribution in [1.82, 2.24) is 10.3 Å². The van der Waals surface area contributed by atoms with Crippen LogP contribution in [0.3, 0.4) is 0 Å². The van der Waals surface area contributed by atoms with Gasteiger partial charge in [-0.1, -0.05) is 6.07 Å². The first-order chi connectivity index (χ1) is 15.8. The molecule has 0 bridgehead atoms. The Labute approximate surface area is 188 Å². The second-order valence-electron chi connectivity index (χ2n) is 7.87. The number of halogens is 3. The highest BCUT2D eigenvalue weighted by molar-refractivity contribution is 6.04. The van der Waals surface area contributed by atoms with Crippen LogP contribution >= 0.6 is 0 Å². The third-order valence-electron chi connectivity index (χ3n) is 5.34. The van der Waals surface area contributed by atoms with Crippen LogP contribution in [0.25, 0.3) is 0 Å². The van der Waals surface area contributed by atoms with Gasteiger partial charge in [0, 0.05) is 23.5 Å². The van der Waals surface area contributed by atoms with Gasteiger partial charge < -0.3 is 25.8 Å². The molecule has 0 aliphatic carbocycles.